The summed E-state index contributed by atoms with van der Waals surface area (Å²) in [4.78, 5) is 36.3. The van der Waals surface area contributed by atoms with Crippen molar-refractivity contribution in [1.82, 2.24) is 20.4 Å². The second kappa shape index (κ2) is 5.18. The minimum atomic E-state index is -0.780. The lowest BCUT2D eigenvalue weighted by molar-refractivity contribution is 0.0953. The molecule has 7 nitrogen and oxygen atoms in total. The van der Waals surface area contributed by atoms with Crippen LogP contribution in [0.2, 0.25) is 5.15 Å². The molecule has 1 saturated heterocycles. The van der Waals surface area contributed by atoms with E-state index in [-0.39, 0.29) is 10.7 Å². The van der Waals surface area contributed by atoms with E-state index in [0.717, 1.165) is 18.9 Å². The predicted molar refractivity (Wildman–Crippen MR) is 63.5 cm³/mol. The van der Waals surface area contributed by atoms with Gasteiger partial charge in [0.2, 0.25) is 0 Å². The van der Waals surface area contributed by atoms with Crippen LogP contribution in [-0.4, -0.2) is 40.1 Å². The lowest BCUT2D eigenvalue weighted by Gasteiger charge is -2.14. The second-order valence-corrected chi connectivity index (χ2v) is 4.27. The molecule has 1 fully saturated rings. The summed E-state index contributed by atoms with van der Waals surface area (Å²) in [5, 5.41) is 7.63. The molecule has 1 aromatic rings. The number of amides is 3. The summed E-state index contributed by atoms with van der Waals surface area (Å²) in [6.45, 7) is 1.24. The quantitative estimate of drug-likeness (QED) is 0.771. The van der Waals surface area contributed by atoms with Gasteiger partial charge in [-0.2, -0.15) is 5.10 Å². The van der Waals surface area contributed by atoms with Gasteiger partial charge in [0.25, 0.3) is 11.5 Å². The molecule has 0 radical (unpaired) electrons. The van der Waals surface area contributed by atoms with Crippen molar-refractivity contribution in [1.29, 1.82) is 0 Å². The Bertz CT molecular complexity index is 536. The van der Waals surface area contributed by atoms with E-state index in [4.69, 9.17) is 11.6 Å². The predicted octanol–water partition coefficient (Wildman–Crippen LogP) is 0.369. The SMILES string of the molecule is O=C(NC(=O)N1CCCC1)c1cc(Cl)n[nH]c1=O. The van der Waals surface area contributed by atoms with Crippen LogP contribution in [0.3, 0.4) is 0 Å². The Morgan fingerprint density at radius 3 is 2.72 bits per heavy atom. The maximum absolute atomic E-state index is 11.7. The Kier molecular flexibility index (Phi) is 3.61. The molecule has 0 aromatic carbocycles. The average molecular weight is 271 g/mol. The number of hydrogen-bond acceptors (Lipinski definition) is 4. The number of carbonyl (C=O) groups excluding carboxylic acids is 2. The molecule has 2 heterocycles. The molecule has 0 bridgehead atoms. The smallest absolute Gasteiger partial charge is 0.324 e. The second-order valence-electron chi connectivity index (χ2n) is 3.89. The van der Waals surface area contributed by atoms with Crippen molar-refractivity contribution in [3.63, 3.8) is 0 Å². The fourth-order valence-electron chi connectivity index (χ4n) is 1.71. The Balaban J connectivity index is 2.09. The number of imide groups is 1. The summed E-state index contributed by atoms with van der Waals surface area (Å²) in [6.07, 6.45) is 1.84. The van der Waals surface area contributed by atoms with Gasteiger partial charge in [-0.15, -0.1) is 0 Å². The van der Waals surface area contributed by atoms with Crippen LogP contribution in [0.25, 0.3) is 0 Å². The van der Waals surface area contributed by atoms with Crippen molar-refractivity contribution in [2.75, 3.05) is 13.1 Å². The molecular weight excluding hydrogens is 260 g/mol. The van der Waals surface area contributed by atoms with Crippen molar-refractivity contribution in [2.24, 2.45) is 0 Å². The molecule has 3 amide bonds. The van der Waals surface area contributed by atoms with Crippen molar-refractivity contribution >= 4 is 23.5 Å². The van der Waals surface area contributed by atoms with E-state index in [1.54, 1.807) is 0 Å². The number of halogens is 1. The van der Waals surface area contributed by atoms with Crippen LogP contribution in [0.5, 0.6) is 0 Å². The number of urea groups is 1. The average Bonchev–Trinajstić information content (AvgIpc) is 2.85. The summed E-state index contributed by atoms with van der Waals surface area (Å²) in [6, 6.07) is 0.623. The molecular formula is C10H11ClN4O3. The normalized spacial score (nSPS) is 14.6. The van der Waals surface area contributed by atoms with E-state index in [2.05, 4.69) is 15.5 Å². The molecule has 2 rings (SSSR count). The van der Waals surface area contributed by atoms with Crippen LogP contribution in [0.15, 0.2) is 10.9 Å². The highest BCUT2D eigenvalue weighted by molar-refractivity contribution is 6.29. The van der Waals surface area contributed by atoms with Crippen molar-refractivity contribution in [3.8, 4) is 0 Å². The zero-order valence-electron chi connectivity index (χ0n) is 9.40. The fraction of sp³-hybridized carbons (Fsp3) is 0.400. The van der Waals surface area contributed by atoms with Crippen LogP contribution in [0, 0.1) is 0 Å². The summed E-state index contributed by atoms with van der Waals surface area (Å²) in [5.74, 6) is -0.780. The Hall–Kier alpha value is -1.89. The maximum atomic E-state index is 11.7. The molecule has 8 heteroatoms. The van der Waals surface area contributed by atoms with E-state index >= 15 is 0 Å². The summed E-state index contributed by atoms with van der Waals surface area (Å²) in [7, 11) is 0. The summed E-state index contributed by atoms with van der Waals surface area (Å²) in [5.41, 5.74) is -0.923. The fourth-order valence-corrected chi connectivity index (χ4v) is 1.87. The zero-order valence-corrected chi connectivity index (χ0v) is 10.2. The highest BCUT2D eigenvalue weighted by Crippen LogP contribution is 2.07. The molecule has 96 valence electrons. The number of carbonyl (C=O) groups is 2. The standard InChI is InChI=1S/C10H11ClN4O3/c11-7-5-6(9(17)14-13-7)8(16)12-10(18)15-3-1-2-4-15/h5H,1-4H2,(H,14,17)(H,12,16,18). The van der Waals surface area contributed by atoms with E-state index < -0.39 is 17.5 Å². The Morgan fingerprint density at radius 1 is 1.39 bits per heavy atom. The third-order valence-electron chi connectivity index (χ3n) is 2.63. The van der Waals surface area contributed by atoms with Crippen LogP contribution in [-0.2, 0) is 0 Å². The van der Waals surface area contributed by atoms with Gasteiger partial charge in [-0.25, -0.2) is 9.89 Å². The van der Waals surface area contributed by atoms with Crippen molar-refractivity contribution in [2.45, 2.75) is 12.8 Å². The van der Waals surface area contributed by atoms with Gasteiger partial charge in [-0.05, 0) is 18.9 Å². The highest BCUT2D eigenvalue weighted by atomic mass is 35.5. The van der Waals surface area contributed by atoms with E-state index in [9.17, 15) is 14.4 Å². The van der Waals surface area contributed by atoms with E-state index in [1.165, 1.54) is 4.90 Å². The topological polar surface area (TPSA) is 95.2 Å². The first-order valence-corrected chi connectivity index (χ1v) is 5.81. The molecule has 18 heavy (non-hydrogen) atoms. The molecule has 0 unspecified atom stereocenters. The molecule has 0 aliphatic carbocycles. The number of likely N-dealkylation sites (tertiary alicyclic amines) is 1. The van der Waals surface area contributed by atoms with Crippen LogP contribution in [0.4, 0.5) is 4.79 Å². The lowest BCUT2D eigenvalue weighted by Crippen LogP contribution is -2.42. The van der Waals surface area contributed by atoms with Gasteiger partial charge in [0.05, 0.1) is 0 Å². The van der Waals surface area contributed by atoms with Crippen LogP contribution < -0.4 is 10.9 Å². The van der Waals surface area contributed by atoms with Crippen LogP contribution >= 0.6 is 11.6 Å². The highest BCUT2D eigenvalue weighted by Gasteiger charge is 2.21. The summed E-state index contributed by atoms with van der Waals surface area (Å²) >= 11 is 5.57. The summed E-state index contributed by atoms with van der Waals surface area (Å²) < 4.78 is 0. The number of aromatic amines is 1. The first kappa shape index (κ1) is 12.6. The first-order valence-electron chi connectivity index (χ1n) is 5.43. The third kappa shape index (κ3) is 2.67. The van der Waals surface area contributed by atoms with Gasteiger partial charge in [-0.3, -0.25) is 14.9 Å². The van der Waals surface area contributed by atoms with Gasteiger partial charge in [0, 0.05) is 13.1 Å². The van der Waals surface area contributed by atoms with Crippen LogP contribution in [0.1, 0.15) is 23.2 Å². The van der Waals surface area contributed by atoms with Crippen molar-refractivity contribution < 1.29 is 9.59 Å². The van der Waals surface area contributed by atoms with Gasteiger partial charge in [-0.1, -0.05) is 11.6 Å². The maximum Gasteiger partial charge on any atom is 0.324 e. The number of nitrogens with zero attached hydrogens (tertiary/aromatic N) is 2. The zero-order chi connectivity index (χ0) is 13.1. The molecule has 0 saturated carbocycles. The molecule has 0 atom stereocenters. The number of rotatable bonds is 1. The minimum Gasteiger partial charge on any atom is -0.324 e. The number of nitrogens with one attached hydrogen (secondary N) is 2. The Labute approximate surface area is 107 Å². The van der Waals surface area contributed by atoms with Gasteiger partial charge in [0.1, 0.15) is 10.7 Å². The van der Waals surface area contributed by atoms with Gasteiger partial charge < -0.3 is 4.90 Å². The molecule has 2 N–H and O–H groups in total. The first-order chi connectivity index (χ1) is 8.58. The monoisotopic (exact) mass is 270 g/mol. The largest absolute Gasteiger partial charge is 0.324 e. The Morgan fingerprint density at radius 2 is 2.06 bits per heavy atom. The van der Waals surface area contributed by atoms with E-state index in [0.29, 0.717) is 13.1 Å². The number of aromatic nitrogens is 2. The minimum absolute atomic E-state index is 0.0200. The number of hydrogen-bond donors (Lipinski definition) is 2. The molecule has 1 aliphatic rings. The van der Waals surface area contributed by atoms with Gasteiger partial charge >= 0.3 is 6.03 Å². The third-order valence-corrected chi connectivity index (χ3v) is 2.82. The number of H-pyrrole nitrogens is 1. The molecule has 1 aromatic heterocycles. The van der Waals surface area contributed by atoms with E-state index in [1.807, 2.05) is 0 Å². The molecule has 1 aliphatic heterocycles. The molecule has 0 spiro atoms. The van der Waals surface area contributed by atoms with Crippen molar-refractivity contribution in [3.05, 3.63) is 27.1 Å². The lowest BCUT2D eigenvalue weighted by atomic mass is 10.3. The van der Waals surface area contributed by atoms with Gasteiger partial charge in [0.15, 0.2) is 0 Å².